The zero-order valence-corrected chi connectivity index (χ0v) is 15.3. The van der Waals surface area contributed by atoms with Crippen LogP contribution in [0.15, 0.2) is 54.6 Å². The summed E-state index contributed by atoms with van der Waals surface area (Å²) in [7, 11) is 0. The number of aliphatic hydroxyl groups is 1. The number of para-hydroxylation sites is 1. The summed E-state index contributed by atoms with van der Waals surface area (Å²) in [5.41, 5.74) is 4.87. The largest absolute Gasteiger partial charge is 0.388 e. The van der Waals surface area contributed by atoms with E-state index >= 15 is 0 Å². The number of aliphatic hydroxyl groups excluding tert-OH is 1. The SMILES string of the molecule is CC12c3[nH]c4ccccc4c3CCN1CCCC2C(O)c1ccccc1. The molecule has 3 atom stereocenters. The van der Waals surface area contributed by atoms with E-state index in [9.17, 15) is 5.11 Å². The van der Waals surface area contributed by atoms with Crippen molar-refractivity contribution in [1.82, 2.24) is 9.88 Å². The van der Waals surface area contributed by atoms with Gasteiger partial charge in [-0.05, 0) is 49.9 Å². The Balaban J connectivity index is 1.66. The number of nitrogens with zero attached hydrogens (tertiary/aromatic N) is 1. The van der Waals surface area contributed by atoms with E-state index in [4.69, 9.17) is 0 Å². The van der Waals surface area contributed by atoms with Crippen LogP contribution in [0.4, 0.5) is 0 Å². The third-order valence-electron chi connectivity index (χ3n) is 6.80. The number of benzene rings is 2. The van der Waals surface area contributed by atoms with Gasteiger partial charge >= 0.3 is 0 Å². The fourth-order valence-corrected chi connectivity index (χ4v) is 5.42. The predicted molar refractivity (Wildman–Crippen MR) is 105 cm³/mol. The third-order valence-corrected chi connectivity index (χ3v) is 6.80. The highest BCUT2D eigenvalue weighted by molar-refractivity contribution is 5.85. The first-order valence-corrected chi connectivity index (χ1v) is 9.77. The Bertz CT molecular complexity index is 932. The van der Waals surface area contributed by atoms with Gasteiger partial charge in [-0.25, -0.2) is 0 Å². The lowest BCUT2D eigenvalue weighted by atomic mass is 9.68. The standard InChI is InChI=1S/C23H26N2O/c1-23-19(21(26)16-8-3-2-4-9-16)11-7-14-25(23)15-13-18-17-10-5-6-12-20(17)24-22(18)23/h2-6,8-10,12,19,21,24,26H,7,11,13-15H2,1H3. The van der Waals surface area contributed by atoms with Gasteiger partial charge in [0.25, 0.3) is 0 Å². The summed E-state index contributed by atoms with van der Waals surface area (Å²) in [5, 5.41) is 12.7. The molecule has 0 bridgehead atoms. The lowest BCUT2D eigenvalue weighted by molar-refractivity contribution is -0.0666. The van der Waals surface area contributed by atoms with Gasteiger partial charge in [-0.2, -0.15) is 0 Å². The van der Waals surface area contributed by atoms with Crippen LogP contribution < -0.4 is 0 Å². The molecule has 2 aliphatic heterocycles. The lowest BCUT2D eigenvalue weighted by Gasteiger charge is -2.54. The van der Waals surface area contributed by atoms with Gasteiger partial charge in [-0.3, -0.25) is 4.90 Å². The lowest BCUT2D eigenvalue weighted by Crippen LogP contribution is -2.57. The van der Waals surface area contributed by atoms with Crippen molar-refractivity contribution in [3.05, 3.63) is 71.4 Å². The summed E-state index contributed by atoms with van der Waals surface area (Å²) in [4.78, 5) is 6.34. The molecule has 3 nitrogen and oxygen atoms in total. The topological polar surface area (TPSA) is 39.3 Å². The maximum absolute atomic E-state index is 11.3. The third kappa shape index (κ3) is 2.20. The van der Waals surface area contributed by atoms with Gasteiger partial charge in [0.15, 0.2) is 0 Å². The molecule has 1 aromatic heterocycles. The minimum absolute atomic E-state index is 0.153. The molecule has 2 aliphatic rings. The van der Waals surface area contributed by atoms with Crippen LogP contribution in [0.5, 0.6) is 0 Å². The number of fused-ring (bicyclic) bond motifs is 5. The average molecular weight is 346 g/mol. The zero-order chi connectivity index (χ0) is 17.7. The van der Waals surface area contributed by atoms with Crippen molar-refractivity contribution in [2.45, 2.75) is 37.8 Å². The number of hydrogen-bond donors (Lipinski definition) is 2. The molecule has 0 aliphatic carbocycles. The van der Waals surface area contributed by atoms with Crippen LogP contribution in [0, 0.1) is 5.92 Å². The minimum Gasteiger partial charge on any atom is -0.388 e. The molecule has 2 aromatic carbocycles. The van der Waals surface area contributed by atoms with E-state index in [1.807, 2.05) is 18.2 Å². The molecule has 1 saturated heterocycles. The van der Waals surface area contributed by atoms with E-state index in [0.717, 1.165) is 37.9 Å². The molecule has 2 N–H and O–H groups in total. The summed E-state index contributed by atoms with van der Waals surface area (Å²) in [6, 6.07) is 18.8. The van der Waals surface area contributed by atoms with Crippen LogP contribution in [-0.2, 0) is 12.0 Å². The number of H-pyrrole nitrogens is 1. The normalized spacial score (nSPS) is 27.1. The molecule has 0 spiro atoms. The Kier molecular flexibility index (Phi) is 3.70. The first kappa shape index (κ1) is 16.1. The average Bonchev–Trinajstić information content (AvgIpc) is 3.07. The van der Waals surface area contributed by atoms with Crippen molar-refractivity contribution in [3.8, 4) is 0 Å². The van der Waals surface area contributed by atoms with Gasteiger partial charge in [0.1, 0.15) is 0 Å². The van der Waals surface area contributed by atoms with Crippen molar-refractivity contribution < 1.29 is 5.11 Å². The first-order chi connectivity index (χ1) is 12.7. The quantitative estimate of drug-likeness (QED) is 0.722. The van der Waals surface area contributed by atoms with Gasteiger partial charge < -0.3 is 10.1 Å². The van der Waals surface area contributed by atoms with Crippen molar-refractivity contribution in [2.75, 3.05) is 13.1 Å². The van der Waals surface area contributed by atoms with E-state index in [1.165, 1.54) is 22.2 Å². The highest BCUT2D eigenvalue weighted by atomic mass is 16.3. The minimum atomic E-state index is -0.443. The fourth-order valence-electron chi connectivity index (χ4n) is 5.42. The molecule has 0 radical (unpaired) electrons. The van der Waals surface area contributed by atoms with Crippen LogP contribution >= 0.6 is 0 Å². The molecule has 0 saturated carbocycles. The number of aromatic amines is 1. The maximum Gasteiger partial charge on any atom is 0.0839 e. The highest BCUT2D eigenvalue weighted by Crippen LogP contribution is 2.51. The molecular formula is C23H26N2O. The van der Waals surface area contributed by atoms with E-state index in [0.29, 0.717) is 0 Å². The summed E-state index contributed by atoms with van der Waals surface area (Å²) >= 11 is 0. The molecule has 3 unspecified atom stereocenters. The van der Waals surface area contributed by atoms with Gasteiger partial charge in [0.2, 0.25) is 0 Å². The van der Waals surface area contributed by atoms with E-state index in [2.05, 4.69) is 53.2 Å². The van der Waals surface area contributed by atoms with E-state index in [-0.39, 0.29) is 11.5 Å². The Labute approximate surface area is 154 Å². The maximum atomic E-state index is 11.3. The Morgan fingerprint density at radius 2 is 1.85 bits per heavy atom. The molecule has 3 aromatic rings. The summed E-state index contributed by atoms with van der Waals surface area (Å²) in [5.74, 6) is 0.186. The van der Waals surface area contributed by atoms with E-state index < -0.39 is 6.10 Å². The summed E-state index contributed by atoms with van der Waals surface area (Å²) in [6.45, 7) is 4.53. The highest BCUT2D eigenvalue weighted by Gasteiger charge is 2.50. The number of rotatable bonds is 2. The van der Waals surface area contributed by atoms with Gasteiger partial charge in [0.05, 0.1) is 11.6 Å². The van der Waals surface area contributed by atoms with Crippen molar-refractivity contribution in [2.24, 2.45) is 5.92 Å². The Morgan fingerprint density at radius 3 is 2.69 bits per heavy atom. The molecule has 3 heteroatoms. The number of piperidine rings is 1. The van der Waals surface area contributed by atoms with Crippen LogP contribution in [-0.4, -0.2) is 28.1 Å². The van der Waals surface area contributed by atoms with Crippen LogP contribution in [0.1, 0.15) is 42.7 Å². The molecule has 0 amide bonds. The van der Waals surface area contributed by atoms with Crippen molar-refractivity contribution >= 4 is 10.9 Å². The van der Waals surface area contributed by atoms with E-state index in [1.54, 1.807) is 0 Å². The molecule has 5 rings (SSSR count). The predicted octanol–water partition coefficient (Wildman–Crippen LogP) is 4.38. The van der Waals surface area contributed by atoms with Crippen molar-refractivity contribution in [1.29, 1.82) is 0 Å². The second kappa shape index (κ2) is 5.97. The van der Waals surface area contributed by atoms with Crippen LogP contribution in [0.25, 0.3) is 10.9 Å². The van der Waals surface area contributed by atoms with Crippen LogP contribution in [0.2, 0.25) is 0 Å². The first-order valence-electron chi connectivity index (χ1n) is 9.77. The smallest absolute Gasteiger partial charge is 0.0839 e. The molecule has 1 fully saturated rings. The number of aromatic nitrogens is 1. The molecule has 134 valence electrons. The Morgan fingerprint density at radius 1 is 1.08 bits per heavy atom. The summed E-state index contributed by atoms with van der Waals surface area (Å²) < 4.78 is 0. The Hall–Kier alpha value is -2.10. The van der Waals surface area contributed by atoms with Crippen LogP contribution in [0.3, 0.4) is 0 Å². The number of nitrogens with one attached hydrogen (secondary N) is 1. The summed E-state index contributed by atoms with van der Waals surface area (Å²) in [6.07, 6.45) is 2.85. The van der Waals surface area contributed by atoms with Crippen molar-refractivity contribution in [3.63, 3.8) is 0 Å². The van der Waals surface area contributed by atoms with Gasteiger partial charge in [-0.15, -0.1) is 0 Å². The monoisotopic (exact) mass is 346 g/mol. The fraction of sp³-hybridized carbons (Fsp3) is 0.391. The van der Waals surface area contributed by atoms with Gasteiger partial charge in [-0.1, -0.05) is 48.5 Å². The second-order valence-corrected chi connectivity index (χ2v) is 8.01. The zero-order valence-electron chi connectivity index (χ0n) is 15.3. The second-order valence-electron chi connectivity index (χ2n) is 8.01. The molecule has 3 heterocycles. The number of hydrogen-bond acceptors (Lipinski definition) is 2. The van der Waals surface area contributed by atoms with Gasteiger partial charge in [0, 0.05) is 29.1 Å². The molecular weight excluding hydrogens is 320 g/mol. The molecule has 26 heavy (non-hydrogen) atoms.